The van der Waals surface area contributed by atoms with Crippen LogP contribution in [-0.4, -0.2) is 28.4 Å². The van der Waals surface area contributed by atoms with Gasteiger partial charge in [-0.15, -0.1) is 5.10 Å². The lowest BCUT2D eigenvalue weighted by Crippen LogP contribution is -2.41. The molecule has 2 N–H and O–H groups in total. The Labute approximate surface area is 148 Å². The highest BCUT2D eigenvalue weighted by Gasteiger charge is 2.30. The van der Waals surface area contributed by atoms with Crippen LogP contribution in [0.3, 0.4) is 0 Å². The van der Waals surface area contributed by atoms with Gasteiger partial charge in [0.2, 0.25) is 11.8 Å². The van der Waals surface area contributed by atoms with Crippen LogP contribution in [0.1, 0.15) is 17.7 Å². The largest absolute Gasteiger partial charge is 0.463 e. The van der Waals surface area contributed by atoms with Gasteiger partial charge in [0.1, 0.15) is 11.0 Å². The van der Waals surface area contributed by atoms with Gasteiger partial charge in [0.25, 0.3) is 0 Å². The number of thioether (sulfide) groups is 1. The number of amidine groups is 1. The molecule has 1 atom stereocenters. The summed E-state index contributed by atoms with van der Waals surface area (Å²) in [6.07, 6.45) is 3.04. The van der Waals surface area contributed by atoms with Gasteiger partial charge in [-0.2, -0.15) is 5.10 Å². The van der Waals surface area contributed by atoms with Gasteiger partial charge in [-0.05, 0) is 36.8 Å². The van der Waals surface area contributed by atoms with Crippen LogP contribution in [0.2, 0.25) is 0 Å². The number of rotatable bonds is 4. The van der Waals surface area contributed by atoms with Crippen molar-refractivity contribution >= 4 is 40.6 Å². The maximum absolute atomic E-state index is 12.4. The van der Waals surface area contributed by atoms with E-state index in [0.717, 1.165) is 5.56 Å². The van der Waals surface area contributed by atoms with Crippen molar-refractivity contribution in [2.75, 3.05) is 5.32 Å². The molecule has 8 heteroatoms. The molecule has 25 heavy (non-hydrogen) atoms. The highest BCUT2D eigenvalue weighted by atomic mass is 32.2. The number of hydrogen-bond acceptors (Lipinski definition) is 6. The summed E-state index contributed by atoms with van der Waals surface area (Å²) in [5.41, 5.74) is 1.74. The molecular formula is C17H16N4O3S. The predicted octanol–water partition coefficient (Wildman–Crippen LogP) is 2.54. The molecule has 3 rings (SSSR count). The zero-order valence-electron chi connectivity index (χ0n) is 13.4. The first kappa shape index (κ1) is 17.0. The zero-order valence-corrected chi connectivity index (χ0v) is 14.2. The van der Waals surface area contributed by atoms with Crippen LogP contribution in [-0.2, 0) is 9.59 Å². The predicted molar refractivity (Wildman–Crippen MR) is 97.7 cm³/mol. The summed E-state index contributed by atoms with van der Waals surface area (Å²) in [4.78, 5) is 24.2. The van der Waals surface area contributed by atoms with Gasteiger partial charge in [-0.25, -0.2) is 0 Å². The molecule has 1 aliphatic heterocycles. The molecule has 2 amide bonds. The number of aryl methyl sites for hydroxylation is 1. The van der Waals surface area contributed by atoms with E-state index in [-0.39, 0.29) is 23.4 Å². The van der Waals surface area contributed by atoms with Crippen molar-refractivity contribution in [3.63, 3.8) is 0 Å². The molecule has 2 heterocycles. The number of carbonyl (C=O) groups is 2. The van der Waals surface area contributed by atoms with Crippen molar-refractivity contribution in [3.05, 3.63) is 54.0 Å². The Hall–Kier alpha value is -2.87. The summed E-state index contributed by atoms with van der Waals surface area (Å²) in [7, 11) is 0. The smallest absolute Gasteiger partial charge is 0.238 e. The molecule has 2 aromatic rings. The summed E-state index contributed by atoms with van der Waals surface area (Å²) in [6, 6.07) is 10.9. The molecule has 1 saturated heterocycles. The van der Waals surface area contributed by atoms with E-state index < -0.39 is 5.25 Å². The first-order valence-corrected chi connectivity index (χ1v) is 8.47. The summed E-state index contributed by atoms with van der Waals surface area (Å²) < 4.78 is 5.10. The van der Waals surface area contributed by atoms with Crippen molar-refractivity contribution in [3.8, 4) is 0 Å². The summed E-state index contributed by atoms with van der Waals surface area (Å²) in [5, 5.41) is 12.9. The van der Waals surface area contributed by atoms with E-state index in [1.165, 1.54) is 24.2 Å². The van der Waals surface area contributed by atoms with Gasteiger partial charge < -0.3 is 15.1 Å². The van der Waals surface area contributed by atoms with E-state index in [1.807, 2.05) is 25.1 Å². The number of amides is 2. The summed E-state index contributed by atoms with van der Waals surface area (Å²) >= 11 is 1.17. The van der Waals surface area contributed by atoms with Crippen LogP contribution in [0.15, 0.2) is 57.3 Å². The van der Waals surface area contributed by atoms with E-state index in [1.54, 1.807) is 18.2 Å². The lowest BCUT2D eigenvalue weighted by atomic mass is 10.2. The van der Waals surface area contributed by atoms with Crippen molar-refractivity contribution in [1.29, 1.82) is 0 Å². The average Bonchev–Trinajstić information content (AvgIpc) is 3.08. The Morgan fingerprint density at radius 3 is 3.04 bits per heavy atom. The molecule has 1 aromatic carbocycles. The molecule has 0 radical (unpaired) electrons. The van der Waals surface area contributed by atoms with E-state index in [2.05, 4.69) is 20.8 Å². The van der Waals surface area contributed by atoms with Crippen molar-refractivity contribution in [1.82, 2.24) is 5.32 Å². The molecular weight excluding hydrogens is 340 g/mol. The Bertz CT molecular complexity index is 830. The normalized spacial score (nSPS) is 19.2. The number of hydrogen-bond donors (Lipinski definition) is 2. The van der Waals surface area contributed by atoms with E-state index in [0.29, 0.717) is 11.4 Å². The van der Waals surface area contributed by atoms with Gasteiger partial charge >= 0.3 is 0 Å². The Morgan fingerprint density at radius 2 is 2.28 bits per heavy atom. The standard InChI is InChI=1S/C17H16N4O3S/c1-11-4-2-5-12(8-11)19-16(23)14-9-15(22)20-17(25-14)21-18-10-13-6-3-7-24-13/h2-8,10,14H,9H2,1H3,(H,19,23)(H,20,21,22)/b18-10+. The molecule has 1 aromatic heterocycles. The molecule has 1 unspecified atom stereocenters. The van der Waals surface area contributed by atoms with Crippen LogP contribution in [0.4, 0.5) is 5.69 Å². The SMILES string of the molecule is Cc1cccc(NC(=O)C2CC(=O)N/C(=N\N=C\c3ccco3)S2)c1. The Balaban J connectivity index is 1.65. The molecule has 0 spiro atoms. The van der Waals surface area contributed by atoms with Crippen LogP contribution < -0.4 is 10.6 Å². The van der Waals surface area contributed by atoms with Crippen molar-refractivity contribution in [2.24, 2.45) is 10.2 Å². The van der Waals surface area contributed by atoms with Gasteiger partial charge in [0.05, 0.1) is 12.5 Å². The number of benzene rings is 1. The van der Waals surface area contributed by atoms with E-state index >= 15 is 0 Å². The van der Waals surface area contributed by atoms with E-state index in [4.69, 9.17) is 4.42 Å². The monoisotopic (exact) mass is 356 g/mol. The maximum atomic E-state index is 12.4. The second-order valence-electron chi connectivity index (χ2n) is 5.38. The minimum absolute atomic E-state index is 0.0865. The molecule has 0 saturated carbocycles. The van der Waals surface area contributed by atoms with Gasteiger partial charge in [0.15, 0.2) is 5.17 Å². The van der Waals surface area contributed by atoms with E-state index in [9.17, 15) is 9.59 Å². The second-order valence-corrected chi connectivity index (χ2v) is 6.57. The van der Waals surface area contributed by atoms with Gasteiger partial charge in [0, 0.05) is 12.1 Å². The Morgan fingerprint density at radius 1 is 1.40 bits per heavy atom. The van der Waals surface area contributed by atoms with Crippen LogP contribution in [0.5, 0.6) is 0 Å². The minimum Gasteiger partial charge on any atom is -0.463 e. The highest BCUT2D eigenvalue weighted by molar-refractivity contribution is 8.15. The zero-order chi connectivity index (χ0) is 17.6. The molecule has 0 aliphatic carbocycles. The maximum Gasteiger partial charge on any atom is 0.238 e. The molecule has 7 nitrogen and oxygen atoms in total. The highest BCUT2D eigenvalue weighted by Crippen LogP contribution is 2.22. The van der Waals surface area contributed by atoms with Crippen LogP contribution >= 0.6 is 11.8 Å². The number of anilines is 1. The lowest BCUT2D eigenvalue weighted by molar-refractivity contribution is -0.123. The van der Waals surface area contributed by atoms with Crippen LogP contribution in [0.25, 0.3) is 0 Å². The number of furan rings is 1. The quantitative estimate of drug-likeness (QED) is 0.650. The van der Waals surface area contributed by atoms with Gasteiger partial charge in [-0.3, -0.25) is 9.59 Å². The third-order valence-corrected chi connectivity index (χ3v) is 4.40. The number of carbonyl (C=O) groups excluding carboxylic acids is 2. The first-order valence-electron chi connectivity index (χ1n) is 7.59. The fourth-order valence-electron chi connectivity index (χ4n) is 2.19. The fraction of sp³-hybridized carbons (Fsp3) is 0.176. The second kappa shape index (κ2) is 7.80. The third kappa shape index (κ3) is 4.80. The average molecular weight is 356 g/mol. The molecule has 1 aliphatic rings. The minimum atomic E-state index is -0.563. The molecule has 0 bridgehead atoms. The van der Waals surface area contributed by atoms with Crippen LogP contribution in [0, 0.1) is 6.92 Å². The summed E-state index contributed by atoms with van der Waals surface area (Å²) in [5.74, 6) is 0.0356. The fourth-order valence-corrected chi connectivity index (χ4v) is 3.13. The van der Waals surface area contributed by atoms with Crippen molar-refractivity contribution < 1.29 is 14.0 Å². The molecule has 128 valence electrons. The summed E-state index contributed by atoms with van der Waals surface area (Å²) in [6.45, 7) is 1.94. The molecule has 1 fully saturated rings. The Kier molecular flexibility index (Phi) is 5.30. The lowest BCUT2D eigenvalue weighted by Gasteiger charge is -2.21. The third-order valence-electron chi connectivity index (χ3n) is 3.33. The number of nitrogens with one attached hydrogen (secondary N) is 2. The van der Waals surface area contributed by atoms with Crippen molar-refractivity contribution in [2.45, 2.75) is 18.6 Å². The van der Waals surface area contributed by atoms with Gasteiger partial charge in [-0.1, -0.05) is 23.9 Å². The first-order chi connectivity index (χ1) is 12.1. The topological polar surface area (TPSA) is 96.1 Å². The number of nitrogens with zero attached hydrogens (tertiary/aromatic N) is 2.